The molecule has 0 aliphatic rings. The number of thiazole rings is 1. The Bertz CT molecular complexity index is 479. The molecule has 94 valence electrons. The van der Waals surface area contributed by atoms with Gasteiger partial charge in [-0.05, 0) is 6.92 Å². The van der Waals surface area contributed by atoms with E-state index < -0.39 is 0 Å². The molecule has 2 N–H and O–H groups in total. The van der Waals surface area contributed by atoms with E-state index in [1.807, 2.05) is 25.5 Å². The first kappa shape index (κ1) is 12.3. The molecule has 2 aromatic rings. The second-order valence-electron chi connectivity index (χ2n) is 3.76. The number of imidazole rings is 1. The Labute approximate surface area is 105 Å². The van der Waals surface area contributed by atoms with Crippen LogP contribution in [0.1, 0.15) is 12.6 Å². The molecular weight excluding hydrogens is 236 g/mol. The summed E-state index contributed by atoms with van der Waals surface area (Å²) in [6.45, 7) is 4.77. The van der Waals surface area contributed by atoms with Gasteiger partial charge < -0.3 is 15.4 Å². The Kier molecular flexibility index (Phi) is 3.98. The minimum atomic E-state index is 0.492. The molecule has 0 spiro atoms. The van der Waals surface area contributed by atoms with E-state index in [4.69, 9.17) is 10.5 Å². The van der Waals surface area contributed by atoms with Gasteiger partial charge in [0.05, 0.1) is 12.3 Å². The second-order valence-corrected chi connectivity index (χ2v) is 4.63. The molecule has 2 rings (SSSR count). The maximum atomic E-state index is 5.80. The van der Waals surface area contributed by atoms with Crippen LogP contribution < -0.4 is 10.6 Å². The van der Waals surface area contributed by atoms with Crippen molar-refractivity contribution in [1.29, 1.82) is 0 Å². The third-order valence-corrected chi connectivity index (χ3v) is 3.43. The largest absolute Gasteiger partial charge is 0.380 e. The number of fused-ring (bicyclic) bond motifs is 1. The highest BCUT2D eigenvalue weighted by molar-refractivity contribution is 7.15. The third kappa shape index (κ3) is 2.43. The highest BCUT2D eigenvalue weighted by atomic mass is 32.1. The highest BCUT2D eigenvalue weighted by Crippen LogP contribution is 2.23. The monoisotopic (exact) mass is 254 g/mol. The summed E-state index contributed by atoms with van der Waals surface area (Å²) >= 11 is 1.62. The molecule has 6 heteroatoms. The first-order valence-electron chi connectivity index (χ1n) is 5.71. The SMILES string of the molecule is CCOCCN(C)c1nc2sccn2c1CN. The Balaban J connectivity index is 2.18. The molecule has 0 saturated carbocycles. The van der Waals surface area contributed by atoms with Gasteiger partial charge in [-0.1, -0.05) is 0 Å². The van der Waals surface area contributed by atoms with Crippen LogP contribution in [0.3, 0.4) is 0 Å². The van der Waals surface area contributed by atoms with Crippen LogP contribution in [0.5, 0.6) is 0 Å². The Morgan fingerprint density at radius 3 is 3.12 bits per heavy atom. The zero-order chi connectivity index (χ0) is 12.3. The molecule has 0 bridgehead atoms. The number of anilines is 1. The molecule has 0 amide bonds. The van der Waals surface area contributed by atoms with Gasteiger partial charge in [0.1, 0.15) is 0 Å². The van der Waals surface area contributed by atoms with Gasteiger partial charge in [-0.15, -0.1) is 11.3 Å². The molecule has 0 aliphatic heterocycles. The zero-order valence-corrected chi connectivity index (χ0v) is 11.0. The number of likely N-dealkylation sites (N-methyl/N-ethyl adjacent to an activating group) is 1. The molecule has 17 heavy (non-hydrogen) atoms. The predicted molar refractivity (Wildman–Crippen MR) is 70.7 cm³/mol. The molecule has 2 aromatic heterocycles. The summed E-state index contributed by atoms with van der Waals surface area (Å²) < 4.78 is 7.40. The highest BCUT2D eigenvalue weighted by Gasteiger charge is 2.14. The molecule has 0 unspecified atom stereocenters. The maximum Gasteiger partial charge on any atom is 0.195 e. The molecule has 0 radical (unpaired) electrons. The van der Waals surface area contributed by atoms with Gasteiger partial charge in [0.25, 0.3) is 0 Å². The summed E-state index contributed by atoms with van der Waals surface area (Å²) in [7, 11) is 2.02. The summed E-state index contributed by atoms with van der Waals surface area (Å²) in [5.41, 5.74) is 6.85. The van der Waals surface area contributed by atoms with Crippen molar-refractivity contribution in [2.75, 3.05) is 31.7 Å². The zero-order valence-electron chi connectivity index (χ0n) is 10.2. The van der Waals surface area contributed by atoms with E-state index in [1.54, 1.807) is 11.3 Å². The lowest BCUT2D eigenvalue weighted by molar-refractivity contribution is 0.154. The quantitative estimate of drug-likeness (QED) is 0.790. The topological polar surface area (TPSA) is 55.8 Å². The van der Waals surface area contributed by atoms with Gasteiger partial charge >= 0.3 is 0 Å². The van der Waals surface area contributed by atoms with E-state index in [9.17, 15) is 0 Å². The van der Waals surface area contributed by atoms with Crippen LogP contribution in [0.2, 0.25) is 0 Å². The summed E-state index contributed by atoms with van der Waals surface area (Å²) in [6.07, 6.45) is 2.01. The van der Waals surface area contributed by atoms with Crippen molar-refractivity contribution in [3.8, 4) is 0 Å². The van der Waals surface area contributed by atoms with E-state index in [-0.39, 0.29) is 0 Å². The fourth-order valence-electron chi connectivity index (χ4n) is 1.77. The van der Waals surface area contributed by atoms with Gasteiger partial charge in [-0.2, -0.15) is 0 Å². The molecule has 0 aliphatic carbocycles. The number of aromatic nitrogens is 2. The average molecular weight is 254 g/mol. The number of hydrogen-bond donors (Lipinski definition) is 1. The van der Waals surface area contributed by atoms with Crippen molar-refractivity contribution < 1.29 is 4.74 Å². The Hall–Kier alpha value is -1.11. The number of nitrogens with two attached hydrogens (primary N) is 1. The summed E-state index contributed by atoms with van der Waals surface area (Å²) in [6, 6.07) is 0. The molecule has 0 aromatic carbocycles. The minimum Gasteiger partial charge on any atom is -0.380 e. The van der Waals surface area contributed by atoms with Crippen molar-refractivity contribution in [3.05, 3.63) is 17.3 Å². The van der Waals surface area contributed by atoms with Gasteiger partial charge in [0.2, 0.25) is 0 Å². The van der Waals surface area contributed by atoms with E-state index in [0.717, 1.165) is 29.6 Å². The number of ether oxygens (including phenoxy) is 1. The fraction of sp³-hybridized carbons (Fsp3) is 0.545. The lowest BCUT2D eigenvalue weighted by atomic mass is 10.4. The second kappa shape index (κ2) is 5.48. The summed E-state index contributed by atoms with van der Waals surface area (Å²) in [4.78, 5) is 7.68. The van der Waals surface area contributed by atoms with Crippen LogP contribution in [0, 0.1) is 0 Å². The van der Waals surface area contributed by atoms with Crippen LogP contribution in [0.25, 0.3) is 4.96 Å². The third-order valence-electron chi connectivity index (χ3n) is 2.67. The first-order valence-corrected chi connectivity index (χ1v) is 6.59. The van der Waals surface area contributed by atoms with Crippen LogP contribution in [-0.4, -0.2) is 36.2 Å². The normalized spacial score (nSPS) is 11.2. The average Bonchev–Trinajstić information content (AvgIpc) is 2.88. The number of hydrogen-bond acceptors (Lipinski definition) is 5. The van der Waals surface area contributed by atoms with Crippen LogP contribution in [-0.2, 0) is 11.3 Å². The molecular formula is C11H18N4OS. The Morgan fingerprint density at radius 1 is 1.59 bits per heavy atom. The first-order chi connectivity index (χ1) is 8.27. The van der Waals surface area contributed by atoms with Gasteiger partial charge in [0, 0.05) is 38.3 Å². The van der Waals surface area contributed by atoms with E-state index in [2.05, 4.69) is 14.3 Å². The van der Waals surface area contributed by atoms with Crippen molar-refractivity contribution >= 4 is 22.1 Å². The smallest absolute Gasteiger partial charge is 0.195 e. The van der Waals surface area contributed by atoms with E-state index >= 15 is 0 Å². The summed E-state index contributed by atoms with van der Waals surface area (Å²) in [5.74, 6) is 0.957. The van der Waals surface area contributed by atoms with Crippen LogP contribution in [0.4, 0.5) is 5.82 Å². The number of rotatable bonds is 6. The Morgan fingerprint density at radius 2 is 2.41 bits per heavy atom. The molecule has 0 fully saturated rings. The van der Waals surface area contributed by atoms with E-state index in [1.165, 1.54) is 0 Å². The van der Waals surface area contributed by atoms with Crippen molar-refractivity contribution in [2.45, 2.75) is 13.5 Å². The van der Waals surface area contributed by atoms with Crippen molar-refractivity contribution in [1.82, 2.24) is 9.38 Å². The lowest BCUT2D eigenvalue weighted by Gasteiger charge is -2.17. The maximum absolute atomic E-state index is 5.80. The van der Waals surface area contributed by atoms with Gasteiger partial charge in [-0.25, -0.2) is 4.98 Å². The van der Waals surface area contributed by atoms with Gasteiger partial charge in [0.15, 0.2) is 10.8 Å². The predicted octanol–water partition coefficient (Wildman–Crippen LogP) is 1.33. The standard InChI is InChI=1S/C11H18N4OS/c1-3-16-6-4-14(2)10-9(8-12)15-5-7-17-11(15)13-10/h5,7H,3-4,6,8,12H2,1-2H3. The van der Waals surface area contributed by atoms with Crippen LogP contribution >= 0.6 is 11.3 Å². The lowest BCUT2D eigenvalue weighted by Crippen LogP contribution is -2.24. The van der Waals surface area contributed by atoms with Crippen LogP contribution in [0.15, 0.2) is 11.6 Å². The fourth-order valence-corrected chi connectivity index (χ4v) is 2.50. The molecule has 0 saturated heterocycles. The van der Waals surface area contributed by atoms with Crippen molar-refractivity contribution in [3.63, 3.8) is 0 Å². The van der Waals surface area contributed by atoms with Gasteiger partial charge in [-0.3, -0.25) is 4.40 Å². The van der Waals surface area contributed by atoms with Crippen molar-refractivity contribution in [2.24, 2.45) is 5.73 Å². The van der Waals surface area contributed by atoms with E-state index in [0.29, 0.717) is 13.2 Å². The number of nitrogens with zero attached hydrogens (tertiary/aromatic N) is 3. The molecule has 2 heterocycles. The molecule has 0 atom stereocenters. The minimum absolute atomic E-state index is 0.492. The summed E-state index contributed by atoms with van der Waals surface area (Å²) in [5, 5.41) is 2.02. The molecule has 5 nitrogen and oxygen atoms in total.